The molecule has 0 aliphatic rings. The molecule has 0 aromatic carbocycles. The highest BCUT2D eigenvalue weighted by atomic mass is 79.9. The lowest BCUT2D eigenvalue weighted by Crippen LogP contribution is -1.85. The van der Waals surface area contributed by atoms with Gasteiger partial charge in [-0.15, -0.1) is 17.0 Å². The normalized spacial score (nSPS) is 6.00. The smallest absolute Gasteiger partial charge is 0.0662 e. The van der Waals surface area contributed by atoms with E-state index in [1.807, 2.05) is 0 Å². The fourth-order valence-electron chi connectivity index (χ4n) is 0. The van der Waals surface area contributed by atoms with Crippen LogP contribution in [0.2, 0.25) is 0 Å². The van der Waals surface area contributed by atoms with Gasteiger partial charge in [-0.05, 0) is 0 Å². The Hall–Kier alpha value is 0.400. The first-order valence-corrected chi connectivity index (χ1v) is 1.13. The fourth-order valence-corrected chi connectivity index (χ4v) is 0. The van der Waals surface area contributed by atoms with Crippen molar-refractivity contribution < 1.29 is 10.2 Å². The summed E-state index contributed by atoms with van der Waals surface area (Å²) in [4.78, 5) is 0. The van der Waals surface area contributed by atoms with Crippen molar-refractivity contribution in [2.45, 2.75) is 0 Å². The van der Waals surface area contributed by atoms with Crippen molar-refractivity contribution >= 4 is 17.0 Å². The fraction of sp³-hybridized carbons (Fsp3) is 1.00. The summed E-state index contributed by atoms with van der Waals surface area (Å²) in [5, 5.41) is 15.2. The first kappa shape index (κ1) is 9.04. The highest BCUT2D eigenvalue weighted by Gasteiger charge is 1.58. The number of aliphatic hydroxyl groups is 2. The molecule has 2 nitrogen and oxygen atoms in total. The Balaban J connectivity index is 0. The molecule has 3 heteroatoms. The van der Waals surface area contributed by atoms with E-state index in [0.717, 1.165) is 0 Å². The third kappa shape index (κ3) is 12.9. The monoisotopic (exact) mass is 142 g/mol. The Kier molecular flexibility index (Phi) is 16.0. The first-order valence-electron chi connectivity index (χ1n) is 1.13. The molecule has 0 atom stereocenters. The number of hydrogen-bond acceptors (Lipinski definition) is 2. The van der Waals surface area contributed by atoms with E-state index in [9.17, 15) is 0 Å². The summed E-state index contributed by atoms with van der Waals surface area (Å²) in [7, 11) is 0. The predicted octanol–water partition coefficient (Wildman–Crippen LogP) is -0.451. The average molecular weight is 143 g/mol. The van der Waals surface area contributed by atoms with E-state index < -0.39 is 0 Å². The zero-order valence-electron chi connectivity index (χ0n) is 2.72. The maximum absolute atomic E-state index is 7.62. The minimum atomic E-state index is -0.125. The first-order chi connectivity index (χ1) is 1.91. The van der Waals surface area contributed by atoms with Crippen LogP contribution in [0.3, 0.4) is 0 Å². The molecule has 0 unspecified atom stereocenters. The molecule has 2 N–H and O–H groups in total. The van der Waals surface area contributed by atoms with Gasteiger partial charge in [0.1, 0.15) is 0 Å². The molecule has 0 radical (unpaired) electrons. The van der Waals surface area contributed by atoms with E-state index in [-0.39, 0.29) is 30.2 Å². The number of aliphatic hydroxyl groups excluding tert-OH is 2. The molecule has 5 heavy (non-hydrogen) atoms. The van der Waals surface area contributed by atoms with Gasteiger partial charge >= 0.3 is 0 Å². The standard InChI is InChI=1S/C2H6O2.BrH/c3-1-2-4;/h3-4H,1-2H2;1H. The molecule has 0 spiro atoms. The summed E-state index contributed by atoms with van der Waals surface area (Å²) in [5.41, 5.74) is 0. The Morgan fingerprint density at radius 3 is 1.20 bits per heavy atom. The molecule has 0 amide bonds. The molecule has 0 saturated heterocycles. The van der Waals surface area contributed by atoms with Crippen LogP contribution >= 0.6 is 17.0 Å². The second-order valence-corrected chi connectivity index (χ2v) is 0.447. The van der Waals surface area contributed by atoms with E-state index in [1.54, 1.807) is 0 Å². The molecular weight excluding hydrogens is 136 g/mol. The van der Waals surface area contributed by atoms with Crippen LogP contribution in [-0.4, -0.2) is 23.4 Å². The quantitative estimate of drug-likeness (QED) is 0.521. The highest BCUT2D eigenvalue weighted by Crippen LogP contribution is 1.39. The van der Waals surface area contributed by atoms with Gasteiger partial charge in [-0.2, -0.15) is 0 Å². The molecule has 0 heterocycles. The minimum Gasteiger partial charge on any atom is -0.394 e. The van der Waals surface area contributed by atoms with Crippen LogP contribution in [0.4, 0.5) is 0 Å². The van der Waals surface area contributed by atoms with Crippen molar-refractivity contribution in [3.63, 3.8) is 0 Å². The average Bonchev–Trinajstić information content (AvgIpc) is 1.37. The SMILES string of the molecule is Br.OCCO. The van der Waals surface area contributed by atoms with Crippen LogP contribution in [0.15, 0.2) is 0 Å². The number of hydrogen-bond donors (Lipinski definition) is 2. The van der Waals surface area contributed by atoms with Gasteiger partial charge in [-0.1, -0.05) is 0 Å². The Labute approximate surface area is 41.2 Å². The van der Waals surface area contributed by atoms with Gasteiger partial charge in [0.2, 0.25) is 0 Å². The van der Waals surface area contributed by atoms with Crippen molar-refractivity contribution in [3.8, 4) is 0 Å². The van der Waals surface area contributed by atoms with Crippen molar-refractivity contribution in [3.05, 3.63) is 0 Å². The number of rotatable bonds is 1. The molecule has 0 bridgehead atoms. The van der Waals surface area contributed by atoms with Gasteiger partial charge < -0.3 is 10.2 Å². The van der Waals surface area contributed by atoms with Crippen molar-refractivity contribution in [2.75, 3.05) is 13.2 Å². The van der Waals surface area contributed by atoms with Gasteiger partial charge in [-0.25, -0.2) is 0 Å². The predicted molar refractivity (Wildman–Crippen MR) is 24.5 cm³/mol. The molecular formula is C2H7BrO2. The molecule has 0 aliphatic heterocycles. The van der Waals surface area contributed by atoms with Crippen LogP contribution in [0.1, 0.15) is 0 Å². The Morgan fingerprint density at radius 1 is 1.00 bits per heavy atom. The minimum absolute atomic E-state index is 0. The van der Waals surface area contributed by atoms with Crippen LogP contribution < -0.4 is 0 Å². The second kappa shape index (κ2) is 8.83. The molecule has 0 aromatic heterocycles. The van der Waals surface area contributed by atoms with Gasteiger partial charge in [0.15, 0.2) is 0 Å². The maximum Gasteiger partial charge on any atom is 0.0662 e. The van der Waals surface area contributed by atoms with Crippen molar-refractivity contribution in [2.24, 2.45) is 0 Å². The van der Waals surface area contributed by atoms with Crippen LogP contribution in [0, 0.1) is 0 Å². The summed E-state index contributed by atoms with van der Waals surface area (Å²) in [5.74, 6) is 0. The second-order valence-electron chi connectivity index (χ2n) is 0.447. The summed E-state index contributed by atoms with van der Waals surface area (Å²) in [6, 6.07) is 0. The zero-order chi connectivity index (χ0) is 3.41. The summed E-state index contributed by atoms with van der Waals surface area (Å²) >= 11 is 0. The van der Waals surface area contributed by atoms with Crippen molar-refractivity contribution in [1.29, 1.82) is 0 Å². The number of halogens is 1. The Bertz CT molecular complexity index is 9.61. The van der Waals surface area contributed by atoms with E-state index >= 15 is 0 Å². The van der Waals surface area contributed by atoms with Gasteiger partial charge in [-0.3, -0.25) is 0 Å². The molecule has 0 aromatic rings. The van der Waals surface area contributed by atoms with Gasteiger partial charge in [0.25, 0.3) is 0 Å². The van der Waals surface area contributed by atoms with E-state index in [2.05, 4.69) is 0 Å². The lowest BCUT2D eigenvalue weighted by Gasteiger charge is -1.70. The largest absolute Gasteiger partial charge is 0.394 e. The van der Waals surface area contributed by atoms with E-state index in [4.69, 9.17) is 10.2 Å². The molecule has 0 rings (SSSR count). The summed E-state index contributed by atoms with van der Waals surface area (Å²) < 4.78 is 0. The third-order valence-corrected chi connectivity index (χ3v) is 0.1000. The highest BCUT2D eigenvalue weighted by molar-refractivity contribution is 8.93. The van der Waals surface area contributed by atoms with Crippen LogP contribution in [0.25, 0.3) is 0 Å². The van der Waals surface area contributed by atoms with Crippen LogP contribution in [-0.2, 0) is 0 Å². The summed E-state index contributed by atoms with van der Waals surface area (Å²) in [6.07, 6.45) is 0. The topological polar surface area (TPSA) is 40.5 Å². The van der Waals surface area contributed by atoms with Gasteiger partial charge in [0, 0.05) is 0 Å². The molecule has 0 fully saturated rings. The molecule has 34 valence electrons. The van der Waals surface area contributed by atoms with Crippen molar-refractivity contribution in [1.82, 2.24) is 0 Å². The lowest BCUT2D eigenvalue weighted by atomic mass is 10.8. The summed E-state index contributed by atoms with van der Waals surface area (Å²) in [6.45, 7) is -0.250. The van der Waals surface area contributed by atoms with E-state index in [1.165, 1.54) is 0 Å². The van der Waals surface area contributed by atoms with E-state index in [0.29, 0.717) is 0 Å². The zero-order valence-corrected chi connectivity index (χ0v) is 4.43. The molecule has 0 saturated carbocycles. The van der Waals surface area contributed by atoms with Gasteiger partial charge in [0.05, 0.1) is 13.2 Å². The van der Waals surface area contributed by atoms with Crippen LogP contribution in [0.5, 0.6) is 0 Å². The Morgan fingerprint density at radius 2 is 1.20 bits per heavy atom. The molecule has 0 aliphatic carbocycles. The maximum atomic E-state index is 7.62. The third-order valence-electron chi connectivity index (χ3n) is 0.1000. The lowest BCUT2D eigenvalue weighted by molar-refractivity contribution is 0.186.